The number of rotatable bonds is 4. The van der Waals surface area contributed by atoms with Crippen LogP contribution in [0.4, 0.5) is 4.79 Å². The van der Waals surface area contributed by atoms with E-state index < -0.39 is 0 Å². The molecule has 2 aliphatic rings. The summed E-state index contributed by atoms with van der Waals surface area (Å²) in [4.78, 5) is 25.2. The Labute approximate surface area is 187 Å². The molecule has 0 bridgehead atoms. The maximum absolute atomic E-state index is 12.1. The Morgan fingerprint density at radius 2 is 2.04 bits per heavy atom. The van der Waals surface area contributed by atoms with Crippen LogP contribution in [-0.2, 0) is 11.4 Å². The van der Waals surface area contributed by atoms with E-state index in [1.54, 1.807) is 6.08 Å². The second-order valence-electron chi connectivity index (χ2n) is 6.03. The van der Waals surface area contributed by atoms with Crippen LogP contribution in [-0.4, -0.2) is 29.9 Å². The fraction of sp³-hybridized carbons (Fsp3) is 0.158. The number of imide groups is 1. The molecule has 0 atom stereocenters. The first-order chi connectivity index (χ1) is 13.4. The van der Waals surface area contributed by atoms with E-state index in [2.05, 4.69) is 38.5 Å². The Bertz CT molecular complexity index is 1000. The third kappa shape index (κ3) is 3.87. The lowest BCUT2D eigenvalue weighted by atomic mass is 10.2. The van der Waals surface area contributed by atoms with Crippen molar-refractivity contribution < 1.29 is 23.8 Å². The highest BCUT2D eigenvalue weighted by Gasteiger charge is 2.31. The van der Waals surface area contributed by atoms with Gasteiger partial charge in [-0.05, 0) is 91.8 Å². The molecule has 0 radical (unpaired) electrons. The number of carbonyl (C=O) groups is 2. The van der Waals surface area contributed by atoms with E-state index in [-0.39, 0.29) is 17.9 Å². The van der Waals surface area contributed by atoms with Crippen LogP contribution >= 0.6 is 50.3 Å². The zero-order chi connectivity index (χ0) is 19.8. The summed E-state index contributed by atoms with van der Waals surface area (Å²) in [6.45, 7) is 0.613. The highest BCUT2D eigenvalue weighted by atomic mass is 127. The average molecular weight is 574 g/mol. The highest BCUT2D eigenvalue weighted by molar-refractivity contribution is 14.1. The molecule has 0 spiro atoms. The second kappa shape index (κ2) is 7.96. The van der Waals surface area contributed by atoms with Gasteiger partial charge in [-0.15, -0.1) is 0 Å². The number of benzene rings is 2. The summed E-state index contributed by atoms with van der Waals surface area (Å²) in [6.07, 6.45) is 1.71. The number of nitrogens with zero attached hydrogens (tertiary/aromatic N) is 1. The van der Waals surface area contributed by atoms with Gasteiger partial charge in [0.15, 0.2) is 11.5 Å². The van der Waals surface area contributed by atoms with Gasteiger partial charge in [0.1, 0.15) is 12.4 Å². The number of thioether (sulfide) groups is 1. The molecule has 2 heterocycles. The molecule has 0 aliphatic carbocycles. The molecule has 1 saturated heterocycles. The summed E-state index contributed by atoms with van der Waals surface area (Å²) >= 11 is 6.66. The lowest BCUT2D eigenvalue weighted by molar-refractivity contribution is -0.121. The summed E-state index contributed by atoms with van der Waals surface area (Å²) in [7, 11) is 1.48. The summed E-state index contributed by atoms with van der Waals surface area (Å²) in [6, 6.07) is 9.47. The zero-order valence-corrected chi connectivity index (χ0v) is 19.1. The molecule has 1 fully saturated rings. The highest BCUT2D eigenvalue weighted by Crippen LogP contribution is 2.37. The van der Waals surface area contributed by atoms with Gasteiger partial charge < -0.3 is 14.2 Å². The number of ether oxygens (including phenoxy) is 3. The first-order valence-corrected chi connectivity index (χ1v) is 10.8. The maximum Gasteiger partial charge on any atom is 0.293 e. The van der Waals surface area contributed by atoms with E-state index in [4.69, 9.17) is 14.2 Å². The summed E-state index contributed by atoms with van der Waals surface area (Å²) < 4.78 is 18.3. The van der Waals surface area contributed by atoms with Crippen molar-refractivity contribution in [3.63, 3.8) is 0 Å². The van der Waals surface area contributed by atoms with E-state index in [0.29, 0.717) is 17.3 Å². The Balaban J connectivity index is 1.52. The average Bonchev–Trinajstić information content (AvgIpc) is 3.21. The van der Waals surface area contributed by atoms with Crippen molar-refractivity contribution >= 4 is 67.5 Å². The Morgan fingerprint density at radius 3 is 2.75 bits per heavy atom. The molecule has 2 aliphatic heterocycles. The largest absolute Gasteiger partial charge is 0.487 e. The number of amides is 2. The third-order valence-electron chi connectivity index (χ3n) is 4.13. The van der Waals surface area contributed by atoms with Gasteiger partial charge in [-0.1, -0.05) is 6.07 Å². The summed E-state index contributed by atoms with van der Waals surface area (Å²) in [5.74, 6) is 1.87. The molecule has 2 aromatic carbocycles. The molecule has 0 unspecified atom stereocenters. The van der Waals surface area contributed by atoms with Gasteiger partial charge in [-0.3, -0.25) is 14.5 Å². The number of likely N-dealkylation sites (N-methyl/N-ethyl adjacent to an activating group) is 1. The van der Waals surface area contributed by atoms with Gasteiger partial charge in [0.2, 0.25) is 6.79 Å². The van der Waals surface area contributed by atoms with Gasteiger partial charge in [0.25, 0.3) is 11.1 Å². The van der Waals surface area contributed by atoms with Crippen molar-refractivity contribution in [2.75, 3.05) is 13.8 Å². The first-order valence-electron chi connectivity index (χ1n) is 8.14. The Morgan fingerprint density at radius 1 is 1.25 bits per heavy atom. The molecule has 28 heavy (non-hydrogen) atoms. The SMILES string of the molecule is CN1C(=O)S/C(=C\c2cc(Br)c(OCc3ccc4c(c3)OCO4)c(I)c2)C1=O. The molecular formula is C19H13BrINO5S. The molecule has 0 aromatic heterocycles. The van der Waals surface area contributed by atoms with Crippen molar-refractivity contribution in [3.8, 4) is 17.2 Å². The first kappa shape index (κ1) is 19.6. The number of carbonyl (C=O) groups excluding carboxylic acids is 2. The standard InChI is InChI=1S/C19H13BrINO5S/c1-22-18(23)16(28-19(22)24)7-11-4-12(20)17(13(21)5-11)25-8-10-2-3-14-15(6-10)27-9-26-14/h2-7H,8-9H2,1H3/b16-7-. The van der Waals surface area contributed by atoms with Gasteiger partial charge in [0, 0.05) is 7.05 Å². The van der Waals surface area contributed by atoms with E-state index in [9.17, 15) is 9.59 Å². The van der Waals surface area contributed by atoms with Crippen LogP contribution in [0, 0.1) is 3.57 Å². The summed E-state index contributed by atoms with van der Waals surface area (Å²) in [5.41, 5.74) is 1.78. The molecule has 2 amide bonds. The minimum Gasteiger partial charge on any atom is -0.487 e. The van der Waals surface area contributed by atoms with Crippen molar-refractivity contribution in [2.24, 2.45) is 0 Å². The van der Waals surface area contributed by atoms with Crippen molar-refractivity contribution in [1.29, 1.82) is 0 Å². The third-order valence-corrected chi connectivity index (χ3v) is 6.48. The second-order valence-corrected chi connectivity index (χ2v) is 9.04. The number of hydrogen-bond donors (Lipinski definition) is 0. The van der Waals surface area contributed by atoms with Crippen LogP contribution in [0.1, 0.15) is 11.1 Å². The molecule has 0 saturated carbocycles. The van der Waals surface area contributed by atoms with E-state index in [1.807, 2.05) is 30.3 Å². The van der Waals surface area contributed by atoms with E-state index >= 15 is 0 Å². The van der Waals surface area contributed by atoms with Crippen LogP contribution in [0.15, 0.2) is 39.7 Å². The maximum atomic E-state index is 12.1. The normalized spacial score (nSPS) is 17.0. The molecule has 144 valence electrons. The minimum atomic E-state index is -0.288. The van der Waals surface area contributed by atoms with Crippen LogP contribution in [0.5, 0.6) is 17.2 Å². The quantitative estimate of drug-likeness (QED) is 0.378. The van der Waals surface area contributed by atoms with Crippen LogP contribution in [0.3, 0.4) is 0 Å². The van der Waals surface area contributed by atoms with E-state index in [0.717, 1.165) is 47.3 Å². The van der Waals surface area contributed by atoms with Crippen molar-refractivity contribution in [3.05, 3.63) is 54.4 Å². The fourth-order valence-electron chi connectivity index (χ4n) is 2.68. The molecule has 9 heteroatoms. The lowest BCUT2D eigenvalue weighted by Crippen LogP contribution is -2.22. The predicted molar refractivity (Wildman–Crippen MR) is 117 cm³/mol. The van der Waals surface area contributed by atoms with Crippen LogP contribution < -0.4 is 14.2 Å². The number of halogens is 2. The van der Waals surface area contributed by atoms with Gasteiger partial charge in [-0.25, -0.2) is 0 Å². The van der Waals surface area contributed by atoms with Gasteiger partial charge in [0.05, 0.1) is 12.9 Å². The van der Waals surface area contributed by atoms with Gasteiger partial charge in [-0.2, -0.15) is 0 Å². The smallest absolute Gasteiger partial charge is 0.293 e. The Kier molecular flexibility index (Phi) is 5.57. The molecule has 4 rings (SSSR count). The van der Waals surface area contributed by atoms with Crippen LogP contribution in [0.2, 0.25) is 0 Å². The fourth-order valence-corrected chi connectivity index (χ4v) is 5.28. The predicted octanol–water partition coefficient (Wildman–Crippen LogP) is 5.03. The van der Waals surface area contributed by atoms with Crippen molar-refractivity contribution in [2.45, 2.75) is 6.61 Å². The molecular weight excluding hydrogens is 561 g/mol. The van der Waals surface area contributed by atoms with E-state index in [1.165, 1.54) is 7.05 Å². The minimum absolute atomic E-state index is 0.238. The topological polar surface area (TPSA) is 65.1 Å². The number of fused-ring (bicyclic) bond motifs is 1. The monoisotopic (exact) mass is 573 g/mol. The van der Waals surface area contributed by atoms with Crippen LogP contribution in [0.25, 0.3) is 6.08 Å². The van der Waals surface area contributed by atoms with Crippen molar-refractivity contribution in [1.82, 2.24) is 4.90 Å². The molecule has 2 aromatic rings. The number of hydrogen-bond acceptors (Lipinski definition) is 6. The van der Waals surface area contributed by atoms with Gasteiger partial charge >= 0.3 is 0 Å². The molecule has 0 N–H and O–H groups in total. The lowest BCUT2D eigenvalue weighted by Gasteiger charge is -2.12. The molecule has 6 nitrogen and oxygen atoms in total. The Hall–Kier alpha value is -1.72. The summed E-state index contributed by atoms with van der Waals surface area (Å²) in [5, 5.41) is -0.270. The zero-order valence-electron chi connectivity index (χ0n) is 14.5.